The fourth-order valence-electron chi connectivity index (χ4n) is 3.32. The van der Waals surface area contributed by atoms with Crippen molar-refractivity contribution in [3.63, 3.8) is 0 Å². The predicted octanol–water partition coefficient (Wildman–Crippen LogP) is 0.954. The number of piperazine rings is 1. The van der Waals surface area contributed by atoms with E-state index in [4.69, 9.17) is 0 Å². The molecule has 1 amide bonds. The Balaban J connectivity index is 1.82. The number of carboxylic acid groups (broad SMARTS) is 1. The topological polar surface area (TPSA) is 119 Å². The van der Waals surface area contributed by atoms with E-state index in [2.05, 4.69) is 15.5 Å². The molecule has 1 atom stereocenters. The summed E-state index contributed by atoms with van der Waals surface area (Å²) >= 11 is 0. The average molecular weight is 433 g/mol. The summed E-state index contributed by atoms with van der Waals surface area (Å²) in [6, 6.07) is 12.7. The zero-order chi connectivity index (χ0) is 21.7. The van der Waals surface area contributed by atoms with E-state index in [-0.39, 0.29) is 5.69 Å². The minimum absolute atomic E-state index is 0.0941. The highest BCUT2D eigenvalue weighted by atomic mass is 32.2. The van der Waals surface area contributed by atoms with Gasteiger partial charge in [0, 0.05) is 37.6 Å². The van der Waals surface area contributed by atoms with Crippen molar-refractivity contribution >= 4 is 39.0 Å². The number of anilines is 3. The monoisotopic (exact) mass is 432 g/mol. The summed E-state index contributed by atoms with van der Waals surface area (Å²) in [5.74, 6) is -2.52. The predicted molar refractivity (Wildman–Crippen MR) is 115 cm³/mol. The van der Waals surface area contributed by atoms with Crippen molar-refractivity contribution in [3.05, 3.63) is 54.6 Å². The van der Waals surface area contributed by atoms with E-state index < -0.39 is 27.9 Å². The Morgan fingerprint density at radius 3 is 2.20 bits per heavy atom. The molecule has 3 rings (SSSR count). The van der Waals surface area contributed by atoms with Crippen LogP contribution in [0.25, 0.3) is 0 Å². The average Bonchev–Trinajstić information content (AvgIpc) is 2.72. The van der Waals surface area contributed by atoms with Crippen molar-refractivity contribution in [3.8, 4) is 0 Å². The molecule has 0 aromatic heterocycles. The molecule has 3 N–H and O–H groups in total. The van der Waals surface area contributed by atoms with Crippen LogP contribution in [0.1, 0.15) is 0 Å². The molecule has 2 aromatic carbocycles. The third-order valence-electron chi connectivity index (χ3n) is 4.70. The van der Waals surface area contributed by atoms with E-state index in [1.54, 1.807) is 30.3 Å². The van der Waals surface area contributed by atoms with Crippen LogP contribution >= 0.6 is 0 Å². The molecule has 1 aliphatic rings. The van der Waals surface area contributed by atoms with Crippen molar-refractivity contribution in [2.75, 3.05) is 47.0 Å². The molecule has 9 nitrogen and oxygen atoms in total. The fourth-order valence-corrected chi connectivity index (χ4v) is 4.39. The molecule has 0 radical (unpaired) electrons. The van der Waals surface area contributed by atoms with Gasteiger partial charge in [0.15, 0.2) is 0 Å². The van der Waals surface area contributed by atoms with Gasteiger partial charge >= 0.3 is 5.97 Å². The number of carboxylic acids is 1. The van der Waals surface area contributed by atoms with Gasteiger partial charge < -0.3 is 20.6 Å². The number of rotatable bonds is 7. The molecule has 0 bridgehead atoms. The van der Waals surface area contributed by atoms with Crippen LogP contribution in [0, 0.1) is 0 Å². The van der Waals surface area contributed by atoms with Gasteiger partial charge in [-0.25, -0.2) is 17.5 Å². The molecule has 160 valence electrons. The Morgan fingerprint density at radius 1 is 1.07 bits per heavy atom. The lowest BCUT2D eigenvalue weighted by atomic mass is 10.2. The minimum Gasteiger partial charge on any atom is -0.479 e. The third kappa shape index (κ3) is 5.08. The first-order chi connectivity index (χ1) is 14.3. The Hall–Kier alpha value is -3.11. The Morgan fingerprint density at radius 2 is 1.67 bits per heavy atom. The third-order valence-corrected chi connectivity index (χ3v) is 5.84. The smallest absolute Gasteiger partial charge is 0.337 e. The number of carbonyl (C=O) groups is 2. The Kier molecular flexibility index (Phi) is 6.58. The molecule has 1 fully saturated rings. The fraction of sp³-hybridized carbons (Fsp3) is 0.300. The summed E-state index contributed by atoms with van der Waals surface area (Å²) < 4.78 is 25.3. The molecule has 1 aliphatic heterocycles. The molecule has 1 saturated heterocycles. The number of benzene rings is 2. The van der Waals surface area contributed by atoms with Gasteiger partial charge in [-0.3, -0.25) is 4.79 Å². The van der Waals surface area contributed by atoms with E-state index >= 15 is 0 Å². The van der Waals surface area contributed by atoms with Crippen molar-refractivity contribution in [1.29, 1.82) is 0 Å². The lowest BCUT2D eigenvalue weighted by Crippen LogP contribution is -2.52. The number of amides is 1. The van der Waals surface area contributed by atoms with Crippen LogP contribution in [-0.2, 0) is 19.6 Å². The number of nitrogens with one attached hydrogen (secondary N) is 2. The summed E-state index contributed by atoms with van der Waals surface area (Å²) in [6.45, 7) is 3.51. The van der Waals surface area contributed by atoms with Gasteiger partial charge in [-0.15, -0.1) is 0 Å². The van der Waals surface area contributed by atoms with Crippen molar-refractivity contribution in [1.82, 2.24) is 5.32 Å². The van der Waals surface area contributed by atoms with Gasteiger partial charge in [-0.05, 0) is 36.4 Å². The zero-order valence-electron chi connectivity index (χ0n) is 16.5. The SMILES string of the molecule is CS(=O)(=O)N(c1ccccc1)[C@H](C(=O)O)C(=O)Nc1ccc(N2CCNCC2)cc1. The standard InChI is InChI=1S/C20H24N4O5S/c1-30(28,29)24(17-5-3-2-4-6-17)18(20(26)27)19(25)22-15-7-9-16(10-8-15)23-13-11-21-12-14-23/h2-10,18,21H,11-14H2,1H3,(H,22,25)(H,26,27)/t18-/m0/s1. The Labute approximate surface area is 175 Å². The molecule has 0 aliphatic carbocycles. The quantitative estimate of drug-likeness (QED) is 0.558. The number of para-hydroxylation sites is 1. The number of nitrogens with zero attached hydrogens (tertiary/aromatic N) is 2. The molecule has 2 aromatic rings. The highest BCUT2D eigenvalue weighted by molar-refractivity contribution is 7.92. The minimum atomic E-state index is -4.04. The number of hydrogen-bond donors (Lipinski definition) is 3. The van der Waals surface area contributed by atoms with Crippen LogP contribution in [0.2, 0.25) is 0 Å². The van der Waals surface area contributed by atoms with Gasteiger partial charge in [0.2, 0.25) is 16.1 Å². The lowest BCUT2D eigenvalue weighted by Gasteiger charge is -2.29. The Bertz CT molecular complexity index is 990. The highest BCUT2D eigenvalue weighted by Gasteiger charge is 2.38. The van der Waals surface area contributed by atoms with Crippen LogP contribution in [0.4, 0.5) is 17.1 Å². The number of sulfonamides is 1. The van der Waals surface area contributed by atoms with Gasteiger partial charge in [0.05, 0.1) is 11.9 Å². The lowest BCUT2D eigenvalue weighted by molar-refractivity contribution is -0.141. The van der Waals surface area contributed by atoms with Crippen molar-refractivity contribution in [2.45, 2.75) is 6.04 Å². The zero-order valence-corrected chi connectivity index (χ0v) is 17.3. The van der Waals surface area contributed by atoms with E-state index in [0.717, 1.165) is 38.1 Å². The number of hydrogen-bond acceptors (Lipinski definition) is 6. The molecular formula is C20H24N4O5S. The molecule has 0 saturated carbocycles. The van der Waals surface area contributed by atoms with Gasteiger partial charge in [0.25, 0.3) is 5.91 Å². The van der Waals surface area contributed by atoms with Gasteiger partial charge in [-0.2, -0.15) is 0 Å². The summed E-state index contributed by atoms with van der Waals surface area (Å²) in [7, 11) is -4.04. The molecule has 0 unspecified atom stereocenters. The first-order valence-electron chi connectivity index (χ1n) is 9.41. The molecule has 0 spiro atoms. The summed E-state index contributed by atoms with van der Waals surface area (Å²) in [5, 5.41) is 15.4. The molecule has 1 heterocycles. The van der Waals surface area contributed by atoms with Gasteiger partial charge in [-0.1, -0.05) is 18.2 Å². The van der Waals surface area contributed by atoms with Crippen LogP contribution in [-0.4, -0.2) is 63.9 Å². The van der Waals surface area contributed by atoms with Crippen LogP contribution in [0.3, 0.4) is 0 Å². The first kappa shape index (κ1) is 21.6. The van der Waals surface area contributed by atoms with Crippen molar-refractivity contribution in [2.24, 2.45) is 0 Å². The van der Waals surface area contributed by atoms with Crippen LogP contribution < -0.4 is 19.8 Å². The second-order valence-electron chi connectivity index (χ2n) is 6.91. The number of aliphatic carboxylic acids is 1. The molecule has 10 heteroatoms. The second kappa shape index (κ2) is 9.14. The molecule has 30 heavy (non-hydrogen) atoms. The van der Waals surface area contributed by atoms with E-state index in [1.165, 1.54) is 12.1 Å². The number of carbonyl (C=O) groups excluding carboxylic acids is 1. The first-order valence-corrected chi connectivity index (χ1v) is 11.3. The van der Waals surface area contributed by atoms with E-state index in [1.807, 2.05) is 12.1 Å². The maximum absolute atomic E-state index is 12.8. The summed E-state index contributed by atoms with van der Waals surface area (Å²) in [6.07, 6.45) is 0.867. The van der Waals surface area contributed by atoms with Crippen molar-refractivity contribution < 1.29 is 23.1 Å². The second-order valence-corrected chi connectivity index (χ2v) is 8.77. The van der Waals surface area contributed by atoms with E-state index in [9.17, 15) is 23.1 Å². The highest BCUT2D eigenvalue weighted by Crippen LogP contribution is 2.23. The summed E-state index contributed by atoms with van der Waals surface area (Å²) in [4.78, 5) is 26.9. The molecular weight excluding hydrogens is 408 g/mol. The maximum Gasteiger partial charge on any atom is 0.337 e. The largest absolute Gasteiger partial charge is 0.479 e. The van der Waals surface area contributed by atoms with E-state index in [0.29, 0.717) is 9.99 Å². The maximum atomic E-state index is 12.8. The normalized spacial score (nSPS) is 15.3. The van der Waals surface area contributed by atoms with Crippen LogP contribution in [0.15, 0.2) is 54.6 Å². The van der Waals surface area contributed by atoms with Crippen LogP contribution in [0.5, 0.6) is 0 Å². The summed E-state index contributed by atoms with van der Waals surface area (Å²) in [5.41, 5.74) is 1.47. The van der Waals surface area contributed by atoms with Gasteiger partial charge in [0.1, 0.15) is 0 Å².